The van der Waals surface area contributed by atoms with E-state index in [0.29, 0.717) is 28.7 Å². The highest BCUT2D eigenvalue weighted by molar-refractivity contribution is 8.00. The average molecular weight is 482 g/mol. The van der Waals surface area contributed by atoms with Gasteiger partial charge in [0.25, 0.3) is 0 Å². The number of aromatic nitrogens is 2. The van der Waals surface area contributed by atoms with Gasteiger partial charge in [0.05, 0.1) is 33.6 Å². The van der Waals surface area contributed by atoms with Crippen LogP contribution in [0.4, 0.5) is 5.13 Å². The molecule has 170 valence electrons. The third-order valence-electron chi connectivity index (χ3n) is 4.94. The second-order valence-corrected chi connectivity index (χ2v) is 8.97. The Morgan fingerprint density at radius 2 is 1.64 bits per heavy atom. The van der Waals surface area contributed by atoms with E-state index in [4.69, 9.17) is 19.2 Å². The van der Waals surface area contributed by atoms with Crippen molar-refractivity contribution in [3.05, 3.63) is 66.5 Å². The van der Waals surface area contributed by atoms with Crippen LogP contribution in [0.5, 0.6) is 17.2 Å². The number of ether oxygens (including phenoxy) is 3. The van der Waals surface area contributed by atoms with Crippen molar-refractivity contribution in [2.75, 3.05) is 32.0 Å². The first-order valence-corrected chi connectivity index (χ1v) is 11.9. The van der Waals surface area contributed by atoms with Crippen LogP contribution in [-0.2, 0) is 11.3 Å². The number of benzene rings is 2. The molecule has 2 aromatic heterocycles. The van der Waals surface area contributed by atoms with Gasteiger partial charge < -0.3 is 14.2 Å². The van der Waals surface area contributed by atoms with E-state index in [1.807, 2.05) is 48.5 Å². The molecule has 0 aliphatic rings. The van der Waals surface area contributed by atoms with Crippen molar-refractivity contribution < 1.29 is 19.0 Å². The molecule has 0 aliphatic heterocycles. The lowest BCUT2D eigenvalue weighted by Crippen LogP contribution is -2.31. The topological polar surface area (TPSA) is 73.8 Å². The minimum atomic E-state index is -0.0513. The quantitative estimate of drug-likeness (QED) is 0.310. The zero-order chi connectivity index (χ0) is 23.2. The van der Waals surface area contributed by atoms with Gasteiger partial charge in [0.1, 0.15) is 27.5 Å². The fraction of sp³-hybridized carbons (Fsp3) is 0.208. The summed E-state index contributed by atoms with van der Waals surface area (Å²) in [5, 5.41) is 0.588. The molecule has 9 heteroatoms. The number of hydrogen-bond acceptors (Lipinski definition) is 8. The van der Waals surface area contributed by atoms with Crippen LogP contribution >= 0.6 is 23.1 Å². The summed E-state index contributed by atoms with van der Waals surface area (Å²) in [6.07, 6.45) is 3.43. The Bertz CT molecular complexity index is 1190. The molecule has 0 N–H and O–H groups in total. The summed E-state index contributed by atoms with van der Waals surface area (Å²) in [5.74, 6) is 2.32. The maximum absolute atomic E-state index is 13.4. The number of methoxy groups -OCH3 is 3. The molecule has 0 fully saturated rings. The van der Waals surface area contributed by atoms with E-state index < -0.39 is 0 Å². The van der Waals surface area contributed by atoms with Crippen molar-refractivity contribution in [1.82, 2.24) is 9.97 Å². The number of carbonyl (C=O) groups is 1. The molecule has 0 unspecified atom stereocenters. The monoisotopic (exact) mass is 481 g/mol. The lowest BCUT2D eigenvalue weighted by molar-refractivity contribution is -0.116. The van der Waals surface area contributed by atoms with Gasteiger partial charge in [-0.3, -0.25) is 14.7 Å². The van der Waals surface area contributed by atoms with E-state index in [1.165, 1.54) is 23.1 Å². The normalized spacial score (nSPS) is 10.8. The highest BCUT2D eigenvalue weighted by Gasteiger charge is 2.23. The van der Waals surface area contributed by atoms with Gasteiger partial charge in [-0.1, -0.05) is 11.3 Å². The van der Waals surface area contributed by atoms with Gasteiger partial charge >= 0.3 is 0 Å². The number of carbonyl (C=O) groups excluding carboxylic acids is 1. The summed E-state index contributed by atoms with van der Waals surface area (Å²) in [6.45, 7) is 0.384. The van der Waals surface area contributed by atoms with Gasteiger partial charge in [-0.25, -0.2) is 4.98 Å². The lowest BCUT2D eigenvalue weighted by Gasteiger charge is -2.20. The molecular formula is C24H23N3O4S2. The van der Waals surface area contributed by atoms with Crippen molar-refractivity contribution in [3.8, 4) is 17.2 Å². The Labute approximate surface area is 200 Å². The van der Waals surface area contributed by atoms with Crippen LogP contribution in [0.25, 0.3) is 10.2 Å². The molecule has 33 heavy (non-hydrogen) atoms. The Hall–Kier alpha value is -3.30. The van der Waals surface area contributed by atoms with Crippen molar-refractivity contribution >= 4 is 44.4 Å². The number of anilines is 1. The molecule has 4 aromatic rings. The van der Waals surface area contributed by atoms with Crippen LogP contribution in [0.15, 0.2) is 65.8 Å². The number of hydrogen-bond donors (Lipinski definition) is 0. The second-order valence-electron chi connectivity index (χ2n) is 6.94. The van der Waals surface area contributed by atoms with E-state index in [0.717, 1.165) is 20.9 Å². The summed E-state index contributed by atoms with van der Waals surface area (Å²) in [6, 6.07) is 15.1. The van der Waals surface area contributed by atoms with E-state index in [2.05, 4.69) is 4.98 Å². The number of pyridine rings is 1. The molecule has 0 aliphatic carbocycles. The zero-order valence-electron chi connectivity index (χ0n) is 18.5. The van der Waals surface area contributed by atoms with E-state index in [1.54, 1.807) is 38.6 Å². The Balaban J connectivity index is 1.65. The number of nitrogens with zero attached hydrogens (tertiary/aromatic N) is 3. The summed E-state index contributed by atoms with van der Waals surface area (Å²) in [5.41, 5.74) is 1.64. The van der Waals surface area contributed by atoms with Gasteiger partial charge in [-0.2, -0.15) is 0 Å². The smallest absolute Gasteiger partial charge is 0.239 e. The van der Waals surface area contributed by atoms with Gasteiger partial charge in [-0.15, -0.1) is 11.8 Å². The molecule has 2 aromatic carbocycles. The number of amides is 1. The van der Waals surface area contributed by atoms with Gasteiger partial charge in [-0.05, 0) is 54.1 Å². The summed E-state index contributed by atoms with van der Waals surface area (Å²) in [7, 11) is 4.85. The van der Waals surface area contributed by atoms with Gasteiger partial charge in [0.2, 0.25) is 5.91 Å². The maximum atomic E-state index is 13.4. The minimum Gasteiger partial charge on any atom is -0.497 e. The molecule has 0 atom stereocenters. The number of fused-ring (bicyclic) bond motifs is 1. The van der Waals surface area contributed by atoms with Crippen molar-refractivity contribution in [1.29, 1.82) is 0 Å². The van der Waals surface area contributed by atoms with Crippen molar-refractivity contribution in [3.63, 3.8) is 0 Å². The van der Waals surface area contributed by atoms with Crippen molar-refractivity contribution in [2.45, 2.75) is 11.4 Å². The third kappa shape index (κ3) is 5.20. The van der Waals surface area contributed by atoms with Gasteiger partial charge in [0.15, 0.2) is 5.13 Å². The molecule has 1 amide bonds. The molecule has 0 radical (unpaired) electrons. The fourth-order valence-electron chi connectivity index (χ4n) is 3.22. The maximum Gasteiger partial charge on any atom is 0.239 e. The standard InChI is InChI=1S/C24H23N3O4S2/c1-29-17-4-6-18(7-5-17)32-15-21(28)27(14-16-10-12-25-13-11-16)24-26-22-19(30-2)8-9-20(31-3)23(22)33-24/h4-13H,14-15H2,1-3H3. The first-order chi connectivity index (χ1) is 16.1. The summed E-state index contributed by atoms with van der Waals surface area (Å²) >= 11 is 2.88. The van der Waals surface area contributed by atoms with E-state index in [-0.39, 0.29) is 11.7 Å². The predicted molar refractivity (Wildman–Crippen MR) is 132 cm³/mol. The number of thioether (sulfide) groups is 1. The first kappa shape index (κ1) is 22.9. The Morgan fingerprint density at radius 3 is 2.30 bits per heavy atom. The molecule has 0 saturated carbocycles. The van der Waals surface area contributed by atoms with Crippen LogP contribution in [-0.4, -0.2) is 43.0 Å². The predicted octanol–water partition coefficient (Wildman–Crippen LogP) is 5.04. The lowest BCUT2D eigenvalue weighted by atomic mass is 10.2. The molecule has 2 heterocycles. The van der Waals surface area contributed by atoms with Gasteiger partial charge in [0, 0.05) is 17.3 Å². The number of rotatable bonds is 9. The summed E-state index contributed by atoms with van der Waals surface area (Å²) in [4.78, 5) is 24.9. The zero-order valence-corrected chi connectivity index (χ0v) is 20.1. The van der Waals surface area contributed by atoms with E-state index in [9.17, 15) is 4.79 Å². The average Bonchev–Trinajstić information content (AvgIpc) is 3.31. The molecule has 0 spiro atoms. The van der Waals surface area contributed by atoms with Crippen LogP contribution in [0, 0.1) is 0 Å². The van der Waals surface area contributed by atoms with Crippen molar-refractivity contribution in [2.24, 2.45) is 0 Å². The van der Waals surface area contributed by atoms with Crippen LogP contribution in [0.3, 0.4) is 0 Å². The van der Waals surface area contributed by atoms with Crippen LogP contribution in [0.1, 0.15) is 5.56 Å². The fourth-order valence-corrected chi connectivity index (χ4v) is 5.08. The number of thiazole rings is 1. The Kier molecular flexibility index (Phi) is 7.31. The molecule has 4 rings (SSSR count). The second kappa shape index (κ2) is 10.5. The highest BCUT2D eigenvalue weighted by atomic mass is 32.2. The first-order valence-electron chi connectivity index (χ1n) is 10.1. The SMILES string of the molecule is COc1ccc(SCC(=O)N(Cc2ccncc2)c2nc3c(OC)ccc(OC)c3s2)cc1. The molecule has 0 saturated heterocycles. The highest BCUT2D eigenvalue weighted by Crippen LogP contribution is 2.40. The molecule has 0 bridgehead atoms. The third-order valence-corrected chi connectivity index (χ3v) is 7.03. The Morgan fingerprint density at radius 1 is 0.939 bits per heavy atom. The molecule has 7 nitrogen and oxygen atoms in total. The minimum absolute atomic E-state index is 0.0513. The summed E-state index contributed by atoms with van der Waals surface area (Å²) < 4.78 is 17.0. The largest absolute Gasteiger partial charge is 0.497 e. The van der Waals surface area contributed by atoms with E-state index >= 15 is 0 Å². The van der Waals surface area contributed by atoms with Crippen LogP contribution < -0.4 is 19.1 Å². The van der Waals surface area contributed by atoms with Crippen LogP contribution in [0.2, 0.25) is 0 Å². The molecular weight excluding hydrogens is 458 g/mol.